The summed E-state index contributed by atoms with van der Waals surface area (Å²) in [4.78, 5) is 39.9. The van der Waals surface area contributed by atoms with Gasteiger partial charge in [-0.2, -0.15) is 0 Å². The summed E-state index contributed by atoms with van der Waals surface area (Å²) < 4.78 is 28.3. The third kappa shape index (κ3) is 4.26. The molecule has 0 spiro atoms. The average Bonchev–Trinajstić information content (AvgIpc) is 3.18. The third-order valence-corrected chi connectivity index (χ3v) is 6.49. The zero-order chi connectivity index (χ0) is 22.4. The largest absolute Gasteiger partial charge is 0.367 e. The van der Waals surface area contributed by atoms with Crippen molar-refractivity contribution in [2.45, 2.75) is 50.8 Å². The van der Waals surface area contributed by atoms with Crippen LogP contribution in [0.15, 0.2) is 29.2 Å². The predicted octanol–water partition coefficient (Wildman–Crippen LogP) is 0.293. The Hall–Kier alpha value is -2.30. The smallest absolute Gasteiger partial charge is 0.251 e. The quantitative estimate of drug-likeness (QED) is 0.695. The molecule has 2 heterocycles. The molecule has 3 rings (SSSR count). The Morgan fingerprint density at radius 1 is 1.23 bits per heavy atom. The number of hydrogen-bond acceptors (Lipinski definition) is 6. The summed E-state index contributed by atoms with van der Waals surface area (Å²) >= 11 is 0. The summed E-state index contributed by atoms with van der Waals surface area (Å²) in [6, 6.07) is 3.63. The molecular weight excluding hydrogens is 410 g/mol. The summed E-state index contributed by atoms with van der Waals surface area (Å²) in [7, 11) is -3.87. The first-order chi connectivity index (χ1) is 13.8. The molecule has 4 atom stereocenters. The first-order valence-electron chi connectivity index (χ1n) is 9.69. The number of sulfonamides is 1. The van der Waals surface area contributed by atoms with Crippen LogP contribution in [0.3, 0.4) is 0 Å². The lowest BCUT2D eigenvalue weighted by atomic mass is 9.85. The molecule has 0 unspecified atom stereocenters. The Morgan fingerprint density at radius 3 is 2.37 bits per heavy atom. The van der Waals surface area contributed by atoms with Crippen LogP contribution in [0.4, 0.5) is 0 Å². The summed E-state index contributed by atoms with van der Waals surface area (Å²) in [6.07, 6.45) is -0.316. The second-order valence-corrected chi connectivity index (χ2v) is 10.6. The van der Waals surface area contributed by atoms with Crippen molar-refractivity contribution in [3.63, 3.8) is 0 Å². The molecule has 2 aliphatic rings. The van der Waals surface area contributed by atoms with Gasteiger partial charge in [0.15, 0.2) is 5.78 Å². The Morgan fingerprint density at radius 2 is 1.83 bits per heavy atom. The van der Waals surface area contributed by atoms with E-state index in [2.05, 4.69) is 5.32 Å². The number of carbonyl (C=O) groups is 3. The molecule has 2 aliphatic heterocycles. The Bertz CT molecular complexity index is 967. The molecule has 2 saturated heterocycles. The van der Waals surface area contributed by atoms with Crippen molar-refractivity contribution in [1.29, 1.82) is 0 Å². The molecule has 0 saturated carbocycles. The van der Waals surface area contributed by atoms with Crippen LogP contribution in [-0.4, -0.2) is 62.3 Å². The number of hydrogen-bond donors (Lipinski definition) is 2. The van der Waals surface area contributed by atoms with E-state index in [1.807, 2.05) is 27.7 Å². The van der Waals surface area contributed by atoms with E-state index in [0.29, 0.717) is 6.54 Å². The van der Waals surface area contributed by atoms with Crippen molar-refractivity contribution in [1.82, 2.24) is 10.2 Å². The molecule has 0 aromatic heterocycles. The molecule has 0 bridgehead atoms. The lowest BCUT2D eigenvalue weighted by Gasteiger charge is -2.35. The number of carbonyl (C=O) groups excluding carboxylic acids is 3. The lowest BCUT2D eigenvalue weighted by molar-refractivity contribution is -0.140. The number of nitrogens with zero attached hydrogens (tertiary/aromatic N) is 1. The number of fused-ring (bicyclic) bond motifs is 1. The molecule has 10 heteroatoms. The van der Waals surface area contributed by atoms with Crippen LogP contribution in [-0.2, 0) is 24.3 Å². The van der Waals surface area contributed by atoms with Gasteiger partial charge in [-0.25, -0.2) is 13.6 Å². The van der Waals surface area contributed by atoms with E-state index in [0.717, 1.165) is 0 Å². The van der Waals surface area contributed by atoms with Crippen LogP contribution in [0.25, 0.3) is 0 Å². The summed E-state index contributed by atoms with van der Waals surface area (Å²) in [5.74, 6) is -0.972. The van der Waals surface area contributed by atoms with Crippen LogP contribution in [0.1, 0.15) is 38.1 Å². The highest BCUT2D eigenvalue weighted by Crippen LogP contribution is 2.33. The first kappa shape index (κ1) is 22.4. The second-order valence-electron chi connectivity index (χ2n) is 9.00. The van der Waals surface area contributed by atoms with Gasteiger partial charge in [-0.1, -0.05) is 27.7 Å². The van der Waals surface area contributed by atoms with Gasteiger partial charge in [-0.15, -0.1) is 0 Å². The van der Waals surface area contributed by atoms with Gasteiger partial charge in [-0.3, -0.25) is 14.4 Å². The maximum absolute atomic E-state index is 13.4. The Kier molecular flexibility index (Phi) is 5.78. The number of rotatable bonds is 4. The highest BCUT2D eigenvalue weighted by Gasteiger charge is 2.52. The van der Waals surface area contributed by atoms with Crippen molar-refractivity contribution >= 4 is 27.6 Å². The standard InChI is InChI=1S/C20H27N3O6S/c1-11-9-23(15-14(24)10-29-16(11)15)19(26)17(20(2,3)4)22-18(25)12-5-7-13(8-6-12)30(21,27)28/h5-8,11,15-17H,9-10H2,1-4H3,(H,22,25)(H2,21,27,28)/t11-,15-,16-,17-/m1/s1. The highest BCUT2D eigenvalue weighted by molar-refractivity contribution is 7.89. The monoisotopic (exact) mass is 437 g/mol. The summed E-state index contributed by atoms with van der Waals surface area (Å²) in [5, 5.41) is 7.83. The van der Waals surface area contributed by atoms with Crippen LogP contribution >= 0.6 is 0 Å². The summed E-state index contributed by atoms with van der Waals surface area (Å²) in [6.45, 7) is 7.77. The maximum Gasteiger partial charge on any atom is 0.251 e. The topological polar surface area (TPSA) is 136 Å². The number of nitrogens with one attached hydrogen (secondary N) is 1. The second kappa shape index (κ2) is 7.75. The lowest BCUT2D eigenvalue weighted by Crippen LogP contribution is -2.57. The normalized spacial score (nSPS) is 25.2. The van der Waals surface area contributed by atoms with Crippen molar-refractivity contribution < 1.29 is 27.5 Å². The Balaban J connectivity index is 1.82. The SMILES string of the molecule is C[C@@H]1CN(C(=O)[C@@H](NC(=O)c2ccc(S(N)(=O)=O)cc2)C(C)(C)C)[C@@H]2C(=O)CO[C@H]12. The number of ketones is 1. The fourth-order valence-corrected chi connectivity index (χ4v) is 4.46. The number of Topliss-reactive ketones (excluding diaryl/α,β-unsaturated/α-hetero) is 1. The molecule has 9 nitrogen and oxygen atoms in total. The van der Waals surface area contributed by atoms with Crippen LogP contribution in [0, 0.1) is 11.3 Å². The van der Waals surface area contributed by atoms with E-state index in [-0.39, 0.29) is 40.8 Å². The number of benzene rings is 1. The van der Waals surface area contributed by atoms with Crippen molar-refractivity contribution in [2.75, 3.05) is 13.2 Å². The molecule has 164 valence electrons. The van der Waals surface area contributed by atoms with E-state index < -0.39 is 33.4 Å². The molecular formula is C20H27N3O6S. The van der Waals surface area contributed by atoms with Gasteiger partial charge in [0.25, 0.3) is 5.91 Å². The van der Waals surface area contributed by atoms with E-state index in [1.165, 1.54) is 29.2 Å². The maximum atomic E-state index is 13.4. The summed E-state index contributed by atoms with van der Waals surface area (Å²) in [5.41, 5.74) is -0.436. The van der Waals surface area contributed by atoms with E-state index in [9.17, 15) is 22.8 Å². The van der Waals surface area contributed by atoms with Crippen LogP contribution in [0.5, 0.6) is 0 Å². The molecule has 3 N–H and O–H groups in total. The van der Waals surface area contributed by atoms with Crippen molar-refractivity contribution in [3.05, 3.63) is 29.8 Å². The van der Waals surface area contributed by atoms with Gasteiger partial charge in [0, 0.05) is 18.0 Å². The molecule has 0 radical (unpaired) electrons. The number of likely N-dealkylation sites (tertiary alicyclic amines) is 1. The highest BCUT2D eigenvalue weighted by atomic mass is 32.2. The van der Waals surface area contributed by atoms with Gasteiger partial charge in [-0.05, 0) is 29.7 Å². The fourth-order valence-electron chi connectivity index (χ4n) is 3.94. The Labute approximate surface area is 176 Å². The average molecular weight is 438 g/mol. The zero-order valence-electron chi connectivity index (χ0n) is 17.4. The van der Waals surface area contributed by atoms with Crippen LogP contribution in [0.2, 0.25) is 0 Å². The number of ether oxygens (including phenoxy) is 1. The minimum Gasteiger partial charge on any atom is -0.367 e. The molecule has 30 heavy (non-hydrogen) atoms. The van der Waals surface area contributed by atoms with Gasteiger partial charge in [0.05, 0.1) is 11.0 Å². The number of nitrogens with two attached hydrogens (primary N) is 1. The first-order valence-corrected chi connectivity index (χ1v) is 11.2. The van der Waals surface area contributed by atoms with Gasteiger partial charge in [0.1, 0.15) is 18.7 Å². The minimum absolute atomic E-state index is 0.00754. The van der Waals surface area contributed by atoms with Gasteiger partial charge in [0.2, 0.25) is 15.9 Å². The van der Waals surface area contributed by atoms with Gasteiger partial charge < -0.3 is 15.0 Å². The number of amides is 2. The fraction of sp³-hybridized carbons (Fsp3) is 0.550. The van der Waals surface area contributed by atoms with Crippen LogP contribution < -0.4 is 10.5 Å². The van der Waals surface area contributed by atoms with E-state index in [4.69, 9.17) is 9.88 Å². The van der Waals surface area contributed by atoms with Crippen molar-refractivity contribution in [2.24, 2.45) is 16.5 Å². The molecule has 2 amide bonds. The molecule has 2 fully saturated rings. The molecule has 0 aliphatic carbocycles. The third-order valence-electron chi connectivity index (χ3n) is 5.56. The van der Waals surface area contributed by atoms with E-state index >= 15 is 0 Å². The minimum atomic E-state index is -3.87. The van der Waals surface area contributed by atoms with Crippen molar-refractivity contribution in [3.8, 4) is 0 Å². The number of primary sulfonamides is 1. The van der Waals surface area contributed by atoms with E-state index in [1.54, 1.807) is 0 Å². The predicted molar refractivity (Wildman–Crippen MR) is 108 cm³/mol. The zero-order valence-corrected chi connectivity index (χ0v) is 18.2. The molecule has 1 aromatic rings. The molecule has 1 aromatic carbocycles. The van der Waals surface area contributed by atoms with Gasteiger partial charge >= 0.3 is 0 Å².